The molecule has 0 aliphatic rings. The Labute approximate surface area is 78.6 Å². The van der Waals surface area contributed by atoms with Crippen LogP contribution in [0.25, 0.3) is 4.96 Å². The van der Waals surface area contributed by atoms with Crippen LogP contribution >= 0.6 is 11.3 Å². The van der Waals surface area contributed by atoms with Crippen molar-refractivity contribution in [2.24, 2.45) is 5.73 Å². The summed E-state index contributed by atoms with van der Waals surface area (Å²) in [5, 5.41) is 12.5. The molecule has 0 aliphatic carbocycles. The first-order valence-electron chi connectivity index (χ1n) is 3.98. The number of aromatic nitrogens is 4. The van der Waals surface area contributed by atoms with E-state index in [1.54, 1.807) is 4.52 Å². The van der Waals surface area contributed by atoms with Gasteiger partial charge in [0.2, 0.25) is 10.1 Å². The Balaban J connectivity index is 2.33. The molecular weight excluding hydrogens is 188 g/mol. The van der Waals surface area contributed by atoms with E-state index in [9.17, 15) is 0 Å². The molecule has 0 bridgehead atoms. The third-order valence-electron chi connectivity index (χ3n) is 1.68. The van der Waals surface area contributed by atoms with Crippen molar-refractivity contribution in [3.8, 4) is 0 Å². The van der Waals surface area contributed by atoms with Gasteiger partial charge in [0.25, 0.3) is 0 Å². The van der Waals surface area contributed by atoms with Gasteiger partial charge in [-0.2, -0.15) is 4.52 Å². The normalized spacial score (nSPS) is 11.2. The highest BCUT2D eigenvalue weighted by atomic mass is 32.1. The quantitative estimate of drug-likeness (QED) is 0.703. The molecule has 0 spiro atoms. The van der Waals surface area contributed by atoms with Crippen LogP contribution in [0.5, 0.6) is 0 Å². The highest BCUT2D eigenvalue weighted by Gasteiger charge is 2.08. The topological polar surface area (TPSA) is 95.1 Å². The molecule has 13 heavy (non-hydrogen) atoms. The maximum atomic E-state index is 5.53. The summed E-state index contributed by atoms with van der Waals surface area (Å²) in [6.07, 6.45) is 1.68. The lowest BCUT2D eigenvalue weighted by Gasteiger charge is -1.92. The van der Waals surface area contributed by atoms with E-state index < -0.39 is 0 Å². The van der Waals surface area contributed by atoms with Crippen LogP contribution in [0.4, 0.5) is 5.13 Å². The van der Waals surface area contributed by atoms with E-state index in [-0.39, 0.29) is 0 Å². The molecule has 2 heterocycles. The van der Waals surface area contributed by atoms with Crippen molar-refractivity contribution in [3.63, 3.8) is 0 Å². The average molecular weight is 198 g/mol. The zero-order valence-electron chi connectivity index (χ0n) is 6.97. The highest BCUT2D eigenvalue weighted by molar-refractivity contribution is 7.20. The van der Waals surface area contributed by atoms with E-state index in [0.29, 0.717) is 11.7 Å². The number of fused-ring (bicyclic) bond motifs is 1. The van der Waals surface area contributed by atoms with E-state index in [1.807, 2.05) is 0 Å². The van der Waals surface area contributed by atoms with Gasteiger partial charge >= 0.3 is 0 Å². The number of anilines is 1. The summed E-state index contributed by atoms with van der Waals surface area (Å²) < 4.78 is 1.68. The largest absolute Gasteiger partial charge is 0.374 e. The maximum Gasteiger partial charge on any atom is 0.236 e. The molecule has 4 N–H and O–H groups in total. The summed E-state index contributed by atoms with van der Waals surface area (Å²) in [5.74, 6) is 0.827. The lowest BCUT2D eigenvalue weighted by Crippen LogP contribution is -2.03. The SMILES string of the molecule is NCCCc1nnc2sc(N)nn12. The molecule has 0 radical (unpaired) electrons. The van der Waals surface area contributed by atoms with Crippen molar-refractivity contribution in [3.05, 3.63) is 5.82 Å². The fourth-order valence-electron chi connectivity index (χ4n) is 1.09. The number of nitrogen functional groups attached to an aromatic ring is 1. The molecule has 0 amide bonds. The summed E-state index contributed by atoms with van der Waals surface area (Å²) in [4.78, 5) is 0.740. The lowest BCUT2D eigenvalue weighted by molar-refractivity contribution is 0.745. The molecule has 0 aliphatic heterocycles. The minimum atomic E-state index is 0.513. The van der Waals surface area contributed by atoms with Crippen LogP contribution in [-0.4, -0.2) is 26.4 Å². The lowest BCUT2D eigenvalue weighted by atomic mass is 10.3. The second-order valence-corrected chi connectivity index (χ2v) is 3.63. The molecule has 0 unspecified atom stereocenters. The number of hydrogen-bond acceptors (Lipinski definition) is 6. The van der Waals surface area contributed by atoms with E-state index in [2.05, 4.69) is 15.3 Å². The number of nitrogens with zero attached hydrogens (tertiary/aromatic N) is 4. The molecule has 0 fully saturated rings. The summed E-state index contributed by atoms with van der Waals surface area (Å²) in [6, 6.07) is 0. The summed E-state index contributed by atoms with van der Waals surface area (Å²) in [6.45, 7) is 0.647. The van der Waals surface area contributed by atoms with Gasteiger partial charge in [0.05, 0.1) is 0 Å². The van der Waals surface area contributed by atoms with Gasteiger partial charge in [-0.25, -0.2) is 0 Å². The Kier molecular flexibility index (Phi) is 2.11. The zero-order valence-corrected chi connectivity index (χ0v) is 7.79. The minimum Gasteiger partial charge on any atom is -0.374 e. The van der Waals surface area contributed by atoms with Gasteiger partial charge in [-0.05, 0) is 13.0 Å². The van der Waals surface area contributed by atoms with Crippen molar-refractivity contribution in [1.29, 1.82) is 0 Å². The fourth-order valence-corrected chi connectivity index (χ4v) is 1.71. The summed E-state index contributed by atoms with van der Waals surface area (Å²) >= 11 is 1.33. The average Bonchev–Trinajstić information content (AvgIpc) is 2.61. The van der Waals surface area contributed by atoms with Gasteiger partial charge in [0.1, 0.15) is 0 Å². The number of hydrogen-bond donors (Lipinski definition) is 2. The first-order chi connectivity index (χ1) is 6.31. The molecule has 0 saturated heterocycles. The molecule has 0 aromatic carbocycles. The van der Waals surface area contributed by atoms with Crippen LogP contribution in [0.1, 0.15) is 12.2 Å². The van der Waals surface area contributed by atoms with Crippen LogP contribution in [0.3, 0.4) is 0 Å². The molecule has 2 rings (SSSR count). The molecule has 6 nitrogen and oxygen atoms in total. The van der Waals surface area contributed by atoms with Crippen LogP contribution in [0, 0.1) is 0 Å². The first-order valence-corrected chi connectivity index (χ1v) is 4.79. The van der Waals surface area contributed by atoms with E-state index >= 15 is 0 Å². The maximum absolute atomic E-state index is 5.53. The smallest absolute Gasteiger partial charge is 0.236 e. The number of rotatable bonds is 3. The predicted molar refractivity (Wildman–Crippen MR) is 50.4 cm³/mol. The predicted octanol–water partition coefficient (Wildman–Crippen LogP) is -0.341. The Morgan fingerprint density at radius 1 is 1.38 bits per heavy atom. The van der Waals surface area contributed by atoms with Gasteiger partial charge in [-0.3, -0.25) is 0 Å². The van der Waals surface area contributed by atoms with Crippen LogP contribution in [-0.2, 0) is 6.42 Å². The molecule has 70 valence electrons. The van der Waals surface area contributed by atoms with Gasteiger partial charge in [0.15, 0.2) is 5.82 Å². The zero-order chi connectivity index (χ0) is 9.26. The second-order valence-electron chi connectivity index (χ2n) is 2.64. The van der Waals surface area contributed by atoms with E-state index in [0.717, 1.165) is 23.6 Å². The van der Waals surface area contributed by atoms with Gasteiger partial charge in [0, 0.05) is 6.42 Å². The third-order valence-corrected chi connectivity index (χ3v) is 2.40. The number of aryl methyl sites for hydroxylation is 1. The molecular formula is C6H10N6S. The fraction of sp³-hybridized carbons (Fsp3) is 0.500. The van der Waals surface area contributed by atoms with Gasteiger partial charge in [-0.15, -0.1) is 15.3 Å². The molecule has 0 saturated carbocycles. The first kappa shape index (κ1) is 8.39. The van der Waals surface area contributed by atoms with Gasteiger partial charge in [-0.1, -0.05) is 11.3 Å². The monoisotopic (exact) mass is 198 g/mol. The van der Waals surface area contributed by atoms with Crippen molar-refractivity contribution >= 4 is 21.4 Å². The molecule has 2 aromatic rings. The van der Waals surface area contributed by atoms with Crippen molar-refractivity contribution in [2.75, 3.05) is 12.3 Å². The van der Waals surface area contributed by atoms with Crippen molar-refractivity contribution in [1.82, 2.24) is 19.8 Å². The Morgan fingerprint density at radius 3 is 3.00 bits per heavy atom. The van der Waals surface area contributed by atoms with Crippen LogP contribution in [0.2, 0.25) is 0 Å². The minimum absolute atomic E-state index is 0.513. The van der Waals surface area contributed by atoms with Crippen molar-refractivity contribution < 1.29 is 0 Å². The Morgan fingerprint density at radius 2 is 2.23 bits per heavy atom. The standard InChI is InChI=1S/C6H10N6S/c7-3-1-2-4-9-10-6-12(4)11-5(8)13-6/h1-3,7H2,(H2,8,11). The number of nitrogens with two attached hydrogens (primary N) is 2. The molecule has 0 atom stereocenters. The van der Waals surface area contributed by atoms with Crippen LogP contribution < -0.4 is 11.5 Å². The second kappa shape index (κ2) is 3.27. The third kappa shape index (κ3) is 1.47. The summed E-state index contributed by atoms with van der Waals surface area (Å²) in [5.41, 5.74) is 10.9. The Bertz CT molecular complexity index is 404. The van der Waals surface area contributed by atoms with E-state index in [4.69, 9.17) is 11.5 Å². The molecule has 7 heteroatoms. The van der Waals surface area contributed by atoms with E-state index in [1.165, 1.54) is 11.3 Å². The molecule has 2 aromatic heterocycles. The van der Waals surface area contributed by atoms with Gasteiger partial charge < -0.3 is 11.5 Å². The van der Waals surface area contributed by atoms with Crippen molar-refractivity contribution in [2.45, 2.75) is 12.8 Å². The Hall–Kier alpha value is -1.21. The summed E-state index contributed by atoms with van der Waals surface area (Å²) in [7, 11) is 0. The highest BCUT2D eigenvalue weighted by Crippen LogP contribution is 2.15. The van der Waals surface area contributed by atoms with Crippen LogP contribution in [0.15, 0.2) is 0 Å².